The zero-order chi connectivity index (χ0) is 14.3. The van der Waals surface area contributed by atoms with E-state index in [4.69, 9.17) is 4.74 Å². The van der Waals surface area contributed by atoms with Gasteiger partial charge in [-0.1, -0.05) is 0 Å². The van der Waals surface area contributed by atoms with Crippen molar-refractivity contribution in [2.75, 3.05) is 26.2 Å². The molecule has 0 spiro atoms. The van der Waals surface area contributed by atoms with Crippen LogP contribution in [0.5, 0.6) is 0 Å². The highest BCUT2D eigenvalue weighted by atomic mass is 32.2. The molecule has 0 unspecified atom stereocenters. The minimum absolute atomic E-state index is 0.00956. The molecule has 116 valence electrons. The minimum Gasteiger partial charge on any atom is -0.375 e. The lowest BCUT2D eigenvalue weighted by atomic mass is 10.2. The first kappa shape index (κ1) is 14.8. The summed E-state index contributed by atoms with van der Waals surface area (Å²) in [6.07, 6.45) is 4.74. The highest BCUT2D eigenvalue weighted by molar-refractivity contribution is 7.86. The molecular weight excluding hydrogens is 276 g/mol. The van der Waals surface area contributed by atoms with E-state index in [0.717, 1.165) is 13.1 Å². The smallest absolute Gasteiger partial charge is 0.282 e. The van der Waals surface area contributed by atoms with Crippen molar-refractivity contribution in [2.24, 2.45) is 11.8 Å². The van der Waals surface area contributed by atoms with E-state index in [1.807, 2.05) is 13.8 Å². The van der Waals surface area contributed by atoms with E-state index >= 15 is 0 Å². The largest absolute Gasteiger partial charge is 0.375 e. The molecule has 0 amide bonds. The van der Waals surface area contributed by atoms with Gasteiger partial charge in [-0.2, -0.15) is 17.0 Å². The van der Waals surface area contributed by atoms with Gasteiger partial charge < -0.3 is 4.74 Å². The molecule has 20 heavy (non-hydrogen) atoms. The predicted molar refractivity (Wildman–Crippen MR) is 77.5 cm³/mol. The summed E-state index contributed by atoms with van der Waals surface area (Å²) in [5, 5.41) is 0. The molecule has 2 saturated carbocycles. The van der Waals surface area contributed by atoms with Crippen LogP contribution in [0.1, 0.15) is 39.5 Å². The maximum atomic E-state index is 13.0. The zero-order valence-corrected chi connectivity index (χ0v) is 13.3. The van der Waals surface area contributed by atoms with Gasteiger partial charge >= 0.3 is 0 Å². The van der Waals surface area contributed by atoms with Gasteiger partial charge in [0, 0.05) is 25.7 Å². The summed E-state index contributed by atoms with van der Waals surface area (Å²) < 4.78 is 34.9. The molecule has 0 aromatic heterocycles. The molecule has 1 saturated heterocycles. The van der Waals surface area contributed by atoms with Gasteiger partial charge in [0.15, 0.2) is 0 Å². The number of hydrogen-bond donors (Lipinski definition) is 0. The molecule has 0 aromatic rings. The van der Waals surface area contributed by atoms with Crippen LogP contribution in [0.3, 0.4) is 0 Å². The van der Waals surface area contributed by atoms with Crippen molar-refractivity contribution in [1.82, 2.24) is 8.61 Å². The van der Waals surface area contributed by atoms with Crippen molar-refractivity contribution in [2.45, 2.75) is 51.7 Å². The molecular formula is C14H26N2O3S. The zero-order valence-electron chi connectivity index (χ0n) is 12.5. The minimum atomic E-state index is -3.33. The van der Waals surface area contributed by atoms with Crippen LogP contribution in [0.15, 0.2) is 0 Å². The van der Waals surface area contributed by atoms with E-state index in [-0.39, 0.29) is 12.1 Å². The second-order valence-corrected chi connectivity index (χ2v) is 8.66. The third-order valence-corrected chi connectivity index (χ3v) is 6.54. The fourth-order valence-electron chi connectivity index (χ4n) is 2.78. The summed E-state index contributed by atoms with van der Waals surface area (Å²) in [5.74, 6) is 1.19. The molecule has 5 nitrogen and oxygen atoms in total. The molecule has 1 aliphatic heterocycles. The normalized spacial score (nSPS) is 32.8. The Morgan fingerprint density at radius 2 is 1.65 bits per heavy atom. The van der Waals surface area contributed by atoms with Crippen molar-refractivity contribution >= 4 is 10.2 Å². The third-order valence-electron chi connectivity index (χ3n) is 4.49. The molecule has 3 rings (SSSR count). The van der Waals surface area contributed by atoms with Crippen molar-refractivity contribution < 1.29 is 13.2 Å². The van der Waals surface area contributed by atoms with E-state index < -0.39 is 10.2 Å². The Hall–Kier alpha value is -0.170. The molecule has 0 bridgehead atoms. The number of morpholine rings is 1. The molecule has 0 radical (unpaired) electrons. The summed E-state index contributed by atoms with van der Waals surface area (Å²) >= 11 is 0. The predicted octanol–water partition coefficient (Wildman–Crippen LogP) is 1.46. The van der Waals surface area contributed by atoms with Crippen LogP contribution in [0.25, 0.3) is 0 Å². The van der Waals surface area contributed by atoms with Gasteiger partial charge in [0.25, 0.3) is 10.2 Å². The van der Waals surface area contributed by atoms with Crippen LogP contribution in [0.4, 0.5) is 0 Å². The van der Waals surface area contributed by atoms with E-state index in [9.17, 15) is 8.42 Å². The van der Waals surface area contributed by atoms with Gasteiger partial charge in [-0.15, -0.1) is 0 Å². The van der Waals surface area contributed by atoms with Crippen LogP contribution in [0, 0.1) is 11.8 Å². The lowest BCUT2D eigenvalue weighted by Crippen LogP contribution is -2.55. The molecule has 0 aromatic carbocycles. The van der Waals surface area contributed by atoms with Gasteiger partial charge in [0.1, 0.15) is 0 Å². The first-order valence-electron chi connectivity index (χ1n) is 7.85. The summed E-state index contributed by atoms with van der Waals surface area (Å²) in [6.45, 7) is 6.31. The van der Waals surface area contributed by atoms with Gasteiger partial charge in [0.05, 0.1) is 12.7 Å². The van der Waals surface area contributed by atoms with Gasteiger partial charge in [0.2, 0.25) is 0 Å². The average molecular weight is 302 g/mol. The molecule has 3 fully saturated rings. The van der Waals surface area contributed by atoms with Crippen LogP contribution in [0.2, 0.25) is 0 Å². The Balaban J connectivity index is 1.74. The lowest BCUT2D eigenvalue weighted by Gasteiger charge is -2.38. The quantitative estimate of drug-likeness (QED) is 0.746. The Bertz CT molecular complexity index is 431. The summed E-state index contributed by atoms with van der Waals surface area (Å²) in [5.41, 5.74) is 0. The molecule has 6 heteroatoms. The maximum absolute atomic E-state index is 13.0. The van der Waals surface area contributed by atoms with Gasteiger partial charge in [-0.05, 0) is 51.4 Å². The molecule has 1 heterocycles. The Kier molecular flexibility index (Phi) is 4.10. The molecule has 2 atom stereocenters. The Morgan fingerprint density at radius 1 is 1.10 bits per heavy atom. The van der Waals surface area contributed by atoms with E-state index in [2.05, 4.69) is 0 Å². The first-order chi connectivity index (χ1) is 9.46. The topological polar surface area (TPSA) is 49.9 Å². The van der Waals surface area contributed by atoms with Crippen molar-refractivity contribution in [3.8, 4) is 0 Å². The monoisotopic (exact) mass is 302 g/mol. The SMILES string of the molecule is C[C@@H]1CN(S(=O)(=O)N(CC2CC2)CC2CC2)[C@H](C)CO1. The van der Waals surface area contributed by atoms with Crippen LogP contribution >= 0.6 is 0 Å². The second kappa shape index (κ2) is 5.55. The first-order valence-corrected chi connectivity index (χ1v) is 9.25. The fourth-order valence-corrected chi connectivity index (χ4v) is 4.79. The van der Waals surface area contributed by atoms with E-state index in [0.29, 0.717) is 25.0 Å². The summed E-state index contributed by atoms with van der Waals surface area (Å²) in [4.78, 5) is 0. The number of ether oxygens (including phenoxy) is 1. The Morgan fingerprint density at radius 3 is 2.15 bits per heavy atom. The summed E-state index contributed by atoms with van der Waals surface area (Å²) in [6, 6.07) is -0.0582. The number of rotatable bonds is 6. The summed E-state index contributed by atoms with van der Waals surface area (Å²) in [7, 11) is -3.33. The average Bonchev–Trinajstić information content (AvgIpc) is 3.25. The van der Waals surface area contributed by atoms with Crippen LogP contribution < -0.4 is 0 Å². The Labute approximate surface area is 122 Å². The van der Waals surface area contributed by atoms with Crippen LogP contribution in [-0.4, -0.2) is 55.4 Å². The number of nitrogens with zero attached hydrogens (tertiary/aromatic N) is 2. The lowest BCUT2D eigenvalue weighted by molar-refractivity contribution is -0.0191. The highest BCUT2D eigenvalue weighted by Gasteiger charge is 2.41. The fraction of sp³-hybridized carbons (Fsp3) is 1.00. The molecule has 0 N–H and O–H groups in total. The van der Waals surface area contributed by atoms with Crippen molar-refractivity contribution in [1.29, 1.82) is 0 Å². The molecule has 2 aliphatic carbocycles. The van der Waals surface area contributed by atoms with Crippen molar-refractivity contribution in [3.63, 3.8) is 0 Å². The second-order valence-electron chi connectivity index (χ2n) is 6.77. The van der Waals surface area contributed by atoms with Crippen LogP contribution in [-0.2, 0) is 14.9 Å². The maximum Gasteiger partial charge on any atom is 0.282 e. The van der Waals surface area contributed by atoms with Gasteiger partial charge in [-0.3, -0.25) is 0 Å². The van der Waals surface area contributed by atoms with E-state index in [1.54, 1.807) is 8.61 Å². The highest BCUT2D eigenvalue weighted by Crippen LogP contribution is 2.35. The van der Waals surface area contributed by atoms with Crippen molar-refractivity contribution in [3.05, 3.63) is 0 Å². The number of hydrogen-bond acceptors (Lipinski definition) is 3. The van der Waals surface area contributed by atoms with E-state index in [1.165, 1.54) is 25.7 Å². The molecule has 3 aliphatic rings. The van der Waals surface area contributed by atoms with Gasteiger partial charge in [-0.25, -0.2) is 0 Å². The standard InChI is InChI=1S/C14H26N2O3S/c1-11-10-19-12(2)7-16(11)20(17,18)15(8-13-3-4-13)9-14-5-6-14/h11-14H,3-10H2,1-2H3/t11-,12-/m1/s1. The third kappa shape index (κ3) is 3.35.